The zero-order valence-corrected chi connectivity index (χ0v) is 9.97. The number of hydrogen-bond donors (Lipinski definition) is 1. The highest BCUT2D eigenvalue weighted by molar-refractivity contribution is 4.71. The first-order valence-corrected chi connectivity index (χ1v) is 6.12. The predicted octanol–water partition coefficient (Wildman–Crippen LogP) is 3.89. The zero-order valence-electron chi connectivity index (χ0n) is 9.97. The Morgan fingerprint density at radius 3 is 2.29 bits per heavy atom. The molecule has 0 aromatic carbocycles. The fourth-order valence-corrected chi connectivity index (χ4v) is 1.98. The standard InChI is InChI=1S/C13H27N/c1-4-7-8-9-10-11-13(14)12(5-2)6-3/h4,12-13H,1,5-11,14H2,2-3H3. The molecular formula is C13H27N. The molecule has 1 heteroatoms. The lowest BCUT2D eigenvalue weighted by molar-refractivity contribution is 0.367. The van der Waals surface area contributed by atoms with E-state index in [0.717, 1.165) is 12.3 Å². The van der Waals surface area contributed by atoms with Crippen molar-refractivity contribution in [1.82, 2.24) is 0 Å². The van der Waals surface area contributed by atoms with Crippen LogP contribution in [0.25, 0.3) is 0 Å². The van der Waals surface area contributed by atoms with E-state index < -0.39 is 0 Å². The minimum atomic E-state index is 0.425. The second-order valence-corrected chi connectivity index (χ2v) is 4.17. The van der Waals surface area contributed by atoms with Gasteiger partial charge in [0.15, 0.2) is 0 Å². The molecule has 0 bridgehead atoms. The largest absolute Gasteiger partial charge is 0.327 e. The summed E-state index contributed by atoms with van der Waals surface area (Å²) in [4.78, 5) is 0. The lowest BCUT2D eigenvalue weighted by Crippen LogP contribution is -2.29. The van der Waals surface area contributed by atoms with E-state index in [-0.39, 0.29) is 0 Å². The summed E-state index contributed by atoms with van der Waals surface area (Å²) in [6.45, 7) is 8.21. The maximum atomic E-state index is 6.13. The van der Waals surface area contributed by atoms with E-state index in [1.54, 1.807) is 0 Å². The van der Waals surface area contributed by atoms with Gasteiger partial charge < -0.3 is 5.73 Å². The second-order valence-electron chi connectivity index (χ2n) is 4.17. The van der Waals surface area contributed by atoms with Crippen LogP contribution in [0.2, 0.25) is 0 Å². The quantitative estimate of drug-likeness (QED) is 0.440. The first-order valence-electron chi connectivity index (χ1n) is 6.12. The maximum Gasteiger partial charge on any atom is 0.00669 e. The molecule has 0 radical (unpaired) electrons. The number of allylic oxidation sites excluding steroid dienone is 1. The van der Waals surface area contributed by atoms with Gasteiger partial charge in [0.05, 0.1) is 0 Å². The van der Waals surface area contributed by atoms with Crippen LogP contribution in [0.4, 0.5) is 0 Å². The normalized spacial score (nSPS) is 13.1. The van der Waals surface area contributed by atoms with E-state index in [1.807, 2.05) is 6.08 Å². The van der Waals surface area contributed by atoms with Crippen molar-refractivity contribution in [3.63, 3.8) is 0 Å². The molecule has 0 heterocycles. The number of unbranched alkanes of at least 4 members (excludes halogenated alkanes) is 3. The Bertz CT molecular complexity index is 127. The fraction of sp³-hybridized carbons (Fsp3) is 0.846. The summed E-state index contributed by atoms with van der Waals surface area (Å²) in [7, 11) is 0. The molecule has 0 aromatic heterocycles. The topological polar surface area (TPSA) is 26.0 Å². The predicted molar refractivity (Wildman–Crippen MR) is 65.3 cm³/mol. The molecule has 0 aliphatic rings. The van der Waals surface area contributed by atoms with Gasteiger partial charge in [-0.1, -0.05) is 45.6 Å². The third-order valence-electron chi connectivity index (χ3n) is 3.10. The van der Waals surface area contributed by atoms with Gasteiger partial charge >= 0.3 is 0 Å². The van der Waals surface area contributed by atoms with E-state index in [9.17, 15) is 0 Å². The van der Waals surface area contributed by atoms with Crippen molar-refractivity contribution in [3.05, 3.63) is 12.7 Å². The highest BCUT2D eigenvalue weighted by Gasteiger charge is 2.12. The van der Waals surface area contributed by atoms with Crippen LogP contribution in [0, 0.1) is 5.92 Å². The summed E-state index contributed by atoms with van der Waals surface area (Å²) >= 11 is 0. The smallest absolute Gasteiger partial charge is 0.00669 e. The van der Waals surface area contributed by atoms with Gasteiger partial charge in [0.1, 0.15) is 0 Å². The van der Waals surface area contributed by atoms with E-state index >= 15 is 0 Å². The maximum absolute atomic E-state index is 6.13. The Balaban J connectivity index is 3.41. The molecule has 0 saturated heterocycles. The Hall–Kier alpha value is -0.300. The molecule has 0 saturated carbocycles. The van der Waals surface area contributed by atoms with Gasteiger partial charge in [-0.3, -0.25) is 0 Å². The lowest BCUT2D eigenvalue weighted by atomic mass is 9.91. The van der Waals surface area contributed by atoms with Crippen molar-refractivity contribution < 1.29 is 0 Å². The fourth-order valence-electron chi connectivity index (χ4n) is 1.98. The van der Waals surface area contributed by atoms with Crippen molar-refractivity contribution in [2.75, 3.05) is 0 Å². The van der Waals surface area contributed by atoms with Crippen LogP contribution >= 0.6 is 0 Å². The van der Waals surface area contributed by atoms with Crippen molar-refractivity contribution in [2.24, 2.45) is 11.7 Å². The summed E-state index contributed by atoms with van der Waals surface area (Å²) in [5.74, 6) is 0.731. The van der Waals surface area contributed by atoms with Gasteiger partial charge in [-0.2, -0.15) is 0 Å². The summed E-state index contributed by atoms with van der Waals surface area (Å²) in [6.07, 6.45) is 10.7. The molecule has 0 spiro atoms. The molecule has 0 aliphatic carbocycles. The van der Waals surface area contributed by atoms with Crippen LogP contribution in [0.1, 0.15) is 58.8 Å². The minimum Gasteiger partial charge on any atom is -0.327 e. The molecule has 0 aliphatic heterocycles. The number of hydrogen-bond acceptors (Lipinski definition) is 1. The van der Waals surface area contributed by atoms with Crippen molar-refractivity contribution >= 4 is 0 Å². The number of rotatable bonds is 9. The zero-order chi connectivity index (χ0) is 10.8. The van der Waals surface area contributed by atoms with Gasteiger partial charge in [-0.25, -0.2) is 0 Å². The Labute approximate surface area is 89.8 Å². The Morgan fingerprint density at radius 2 is 1.79 bits per heavy atom. The van der Waals surface area contributed by atoms with Crippen LogP contribution < -0.4 is 5.73 Å². The molecule has 1 nitrogen and oxygen atoms in total. The highest BCUT2D eigenvalue weighted by atomic mass is 14.6. The van der Waals surface area contributed by atoms with Crippen LogP contribution in [-0.4, -0.2) is 6.04 Å². The molecule has 2 N–H and O–H groups in total. The van der Waals surface area contributed by atoms with E-state index in [0.29, 0.717) is 6.04 Å². The average molecular weight is 197 g/mol. The molecule has 0 aromatic rings. The van der Waals surface area contributed by atoms with Crippen LogP contribution in [0.5, 0.6) is 0 Å². The van der Waals surface area contributed by atoms with Crippen LogP contribution in [0.3, 0.4) is 0 Å². The van der Waals surface area contributed by atoms with E-state index in [4.69, 9.17) is 5.73 Å². The van der Waals surface area contributed by atoms with E-state index in [2.05, 4.69) is 20.4 Å². The van der Waals surface area contributed by atoms with Gasteiger partial charge in [0, 0.05) is 6.04 Å². The molecule has 14 heavy (non-hydrogen) atoms. The molecule has 0 amide bonds. The minimum absolute atomic E-state index is 0.425. The van der Waals surface area contributed by atoms with Gasteiger partial charge in [0.25, 0.3) is 0 Å². The first kappa shape index (κ1) is 13.7. The van der Waals surface area contributed by atoms with Crippen molar-refractivity contribution in [3.8, 4) is 0 Å². The van der Waals surface area contributed by atoms with Gasteiger partial charge in [-0.05, 0) is 25.2 Å². The van der Waals surface area contributed by atoms with Crippen molar-refractivity contribution in [1.29, 1.82) is 0 Å². The third-order valence-corrected chi connectivity index (χ3v) is 3.10. The van der Waals surface area contributed by atoms with Gasteiger partial charge in [-0.15, -0.1) is 6.58 Å². The molecule has 1 atom stereocenters. The van der Waals surface area contributed by atoms with Gasteiger partial charge in [0.2, 0.25) is 0 Å². The number of nitrogens with two attached hydrogens (primary N) is 1. The molecule has 0 fully saturated rings. The summed E-state index contributed by atoms with van der Waals surface area (Å²) in [6, 6.07) is 0.425. The Morgan fingerprint density at radius 1 is 1.14 bits per heavy atom. The average Bonchev–Trinajstić information content (AvgIpc) is 2.19. The lowest BCUT2D eigenvalue weighted by Gasteiger charge is -2.20. The first-order chi connectivity index (χ1) is 6.76. The molecular weight excluding hydrogens is 170 g/mol. The summed E-state index contributed by atoms with van der Waals surface area (Å²) in [5.41, 5.74) is 6.13. The van der Waals surface area contributed by atoms with Crippen LogP contribution in [-0.2, 0) is 0 Å². The molecule has 1 unspecified atom stereocenters. The summed E-state index contributed by atoms with van der Waals surface area (Å²) in [5, 5.41) is 0. The highest BCUT2D eigenvalue weighted by Crippen LogP contribution is 2.16. The SMILES string of the molecule is C=CCCCCCC(N)C(CC)CC. The molecule has 84 valence electrons. The second kappa shape index (κ2) is 9.26. The van der Waals surface area contributed by atoms with Crippen molar-refractivity contribution in [2.45, 2.75) is 64.8 Å². The summed E-state index contributed by atoms with van der Waals surface area (Å²) < 4.78 is 0. The molecule has 0 rings (SSSR count). The third kappa shape index (κ3) is 6.20. The van der Waals surface area contributed by atoms with Crippen LogP contribution in [0.15, 0.2) is 12.7 Å². The van der Waals surface area contributed by atoms with E-state index in [1.165, 1.54) is 38.5 Å². The monoisotopic (exact) mass is 197 g/mol. The Kier molecular flexibility index (Phi) is 9.06.